The SMILES string of the molecule is CCC(C)(CC(O)COC(C)(C)CC(O)COCC(O)C(=O)O)OCC(O)CNC(=O)CCC(=O)NCCN(C[C@H](O)[C@@H](O)[C@H](O)[C@H](O)CO)C[C@H](O)[C@@H](O)[C@H](O)[C@H](O)CO. The van der Waals surface area contributed by atoms with Gasteiger partial charge >= 0.3 is 5.97 Å². The number of rotatable bonds is 36. The molecule has 17 N–H and O–H groups in total. The fraction of sp³-hybridized carbons (Fsp3) is 0.919. The molecule has 0 fully saturated rings. The fourth-order valence-electron chi connectivity index (χ4n) is 5.73. The molecule has 0 aliphatic carbocycles. The molecule has 0 heterocycles. The summed E-state index contributed by atoms with van der Waals surface area (Å²) in [6.45, 7) is 2.27. The second kappa shape index (κ2) is 29.9. The molecule has 0 aromatic heterocycles. The van der Waals surface area contributed by atoms with Crippen LogP contribution in [0.25, 0.3) is 0 Å². The largest absolute Gasteiger partial charge is 0.479 e. The second-order valence-corrected chi connectivity index (χ2v) is 16.0. The lowest BCUT2D eigenvalue weighted by Crippen LogP contribution is -2.54. The predicted octanol–water partition coefficient (Wildman–Crippen LogP) is -7.52. The van der Waals surface area contributed by atoms with E-state index >= 15 is 0 Å². The van der Waals surface area contributed by atoms with Crippen LogP contribution < -0.4 is 10.6 Å². The maximum atomic E-state index is 12.5. The maximum Gasteiger partial charge on any atom is 0.334 e. The van der Waals surface area contributed by atoms with Gasteiger partial charge in [-0.25, -0.2) is 4.79 Å². The number of carboxylic acid groups (broad SMARTS) is 1. The molecule has 0 aliphatic heterocycles. The Morgan fingerprint density at radius 1 is 0.607 bits per heavy atom. The van der Waals surface area contributed by atoms with Crippen molar-refractivity contribution < 1.29 is 105 Å². The quantitative estimate of drug-likeness (QED) is 0.0278. The number of carbonyl (C=O) groups excluding carboxylic acids is 2. The van der Waals surface area contributed by atoms with Gasteiger partial charge in [-0.05, 0) is 27.2 Å². The highest BCUT2D eigenvalue weighted by Crippen LogP contribution is 2.24. The molecule has 13 atom stereocenters. The summed E-state index contributed by atoms with van der Waals surface area (Å²) in [7, 11) is 0. The predicted molar refractivity (Wildman–Crippen MR) is 210 cm³/mol. The molecule has 0 aromatic carbocycles. The van der Waals surface area contributed by atoms with Gasteiger partial charge < -0.3 is 101 Å². The van der Waals surface area contributed by atoms with E-state index in [4.69, 9.17) is 29.5 Å². The van der Waals surface area contributed by atoms with Gasteiger partial charge in [-0.3, -0.25) is 14.5 Å². The zero-order valence-electron chi connectivity index (χ0n) is 35.3. The van der Waals surface area contributed by atoms with Gasteiger partial charge in [0.15, 0.2) is 6.10 Å². The van der Waals surface area contributed by atoms with Crippen LogP contribution in [0.2, 0.25) is 0 Å². The van der Waals surface area contributed by atoms with Crippen molar-refractivity contribution in [1.82, 2.24) is 15.5 Å². The summed E-state index contributed by atoms with van der Waals surface area (Å²) in [5, 5.41) is 153. The van der Waals surface area contributed by atoms with E-state index in [0.29, 0.717) is 6.42 Å². The molecule has 362 valence electrons. The number of aliphatic hydroxyl groups excluding tert-OH is 14. The lowest BCUT2D eigenvalue weighted by Gasteiger charge is -2.34. The maximum absolute atomic E-state index is 12.5. The van der Waals surface area contributed by atoms with Crippen molar-refractivity contribution in [2.75, 3.05) is 72.4 Å². The molecule has 0 rings (SSSR count). The molecule has 0 radical (unpaired) electrons. The van der Waals surface area contributed by atoms with Gasteiger partial charge in [0.25, 0.3) is 0 Å². The van der Waals surface area contributed by atoms with Gasteiger partial charge in [-0.2, -0.15) is 0 Å². The highest BCUT2D eigenvalue weighted by Gasteiger charge is 2.35. The topological polar surface area (TPSA) is 410 Å². The van der Waals surface area contributed by atoms with Crippen LogP contribution in [0, 0.1) is 0 Å². The number of carboxylic acids is 1. The Morgan fingerprint density at radius 3 is 1.54 bits per heavy atom. The number of hydrogen-bond donors (Lipinski definition) is 17. The van der Waals surface area contributed by atoms with Gasteiger partial charge in [0, 0.05) is 58.4 Å². The first-order valence-corrected chi connectivity index (χ1v) is 20.0. The van der Waals surface area contributed by atoms with Crippen LogP contribution in [0.5, 0.6) is 0 Å². The third-order valence-electron chi connectivity index (χ3n) is 9.71. The van der Waals surface area contributed by atoms with E-state index in [0.717, 1.165) is 0 Å². The molecule has 0 saturated carbocycles. The smallest absolute Gasteiger partial charge is 0.334 e. The minimum atomic E-state index is -1.99. The third kappa shape index (κ3) is 24.9. The van der Waals surface area contributed by atoms with Crippen LogP contribution >= 0.6 is 0 Å². The Labute approximate surface area is 354 Å². The van der Waals surface area contributed by atoms with E-state index in [1.807, 2.05) is 6.92 Å². The summed E-state index contributed by atoms with van der Waals surface area (Å²) < 4.78 is 16.7. The van der Waals surface area contributed by atoms with Crippen molar-refractivity contribution in [2.24, 2.45) is 0 Å². The van der Waals surface area contributed by atoms with E-state index in [2.05, 4.69) is 10.6 Å². The van der Waals surface area contributed by atoms with Crippen molar-refractivity contribution in [1.29, 1.82) is 0 Å². The van der Waals surface area contributed by atoms with Crippen molar-refractivity contribution >= 4 is 17.8 Å². The Kier molecular flexibility index (Phi) is 28.8. The summed E-state index contributed by atoms with van der Waals surface area (Å²) >= 11 is 0. The normalized spacial score (nSPS) is 19.3. The minimum absolute atomic E-state index is 0.0743. The van der Waals surface area contributed by atoms with Gasteiger partial charge in [-0.15, -0.1) is 0 Å². The summed E-state index contributed by atoms with van der Waals surface area (Å²) in [6.07, 6.45) is -20.0. The molecule has 0 saturated heterocycles. The van der Waals surface area contributed by atoms with Crippen LogP contribution in [0.3, 0.4) is 0 Å². The molecule has 61 heavy (non-hydrogen) atoms. The highest BCUT2D eigenvalue weighted by molar-refractivity contribution is 5.83. The molecule has 24 nitrogen and oxygen atoms in total. The zero-order chi connectivity index (χ0) is 47.1. The third-order valence-corrected chi connectivity index (χ3v) is 9.71. The molecule has 5 unspecified atom stereocenters. The first kappa shape index (κ1) is 58.7. The molecule has 2 amide bonds. The first-order valence-electron chi connectivity index (χ1n) is 20.0. The highest BCUT2D eigenvalue weighted by atomic mass is 16.5. The van der Waals surface area contributed by atoms with E-state index in [9.17, 15) is 75.7 Å². The zero-order valence-corrected chi connectivity index (χ0v) is 35.3. The summed E-state index contributed by atoms with van der Waals surface area (Å²) in [5.74, 6) is -2.64. The van der Waals surface area contributed by atoms with E-state index < -0.39 is 135 Å². The number of nitrogens with zero attached hydrogens (tertiary/aromatic N) is 1. The Balaban J connectivity index is 4.90. The lowest BCUT2D eigenvalue weighted by atomic mass is 9.95. The summed E-state index contributed by atoms with van der Waals surface area (Å²) in [6, 6.07) is 0. The monoisotopic (exact) mass is 895 g/mol. The van der Waals surface area contributed by atoms with Crippen LogP contribution in [0.1, 0.15) is 59.8 Å². The minimum Gasteiger partial charge on any atom is -0.479 e. The molecule has 0 spiro atoms. The summed E-state index contributed by atoms with van der Waals surface area (Å²) in [5.41, 5.74) is -1.83. The number of nitrogens with one attached hydrogen (secondary N) is 2. The Bertz CT molecular complexity index is 1190. The van der Waals surface area contributed by atoms with Crippen LogP contribution in [0.15, 0.2) is 0 Å². The number of amides is 2. The Morgan fingerprint density at radius 2 is 1.07 bits per heavy atom. The van der Waals surface area contributed by atoms with Crippen molar-refractivity contribution in [2.45, 2.75) is 144 Å². The van der Waals surface area contributed by atoms with E-state index in [1.54, 1.807) is 20.8 Å². The molecule has 0 aromatic rings. The number of ether oxygens (including phenoxy) is 3. The molecular weight excluding hydrogens is 822 g/mol. The fourth-order valence-corrected chi connectivity index (χ4v) is 5.73. The summed E-state index contributed by atoms with van der Waals surface area (Å²) in [4.78, 5) is 36.8. The molecule has 0 bridgehead atoms. The van der Waals surface area contributed by atoms with E-state index in [1.165, 1.54) is 4.90 Å². The number of carbonyl (C=O) groups is 3. The molecule has 0 aliphatic rings. The van der Waals surface area contributed by atoms with Gasteiger partial charge in [0.1, 0.15) is 36.6 Å². The number of aliphatic hydroxyl groups is 14. The van der Waals surface area contributed by atoms with Crippen molar-refractivity contribution in [3.05, 3.63) is 0 Å². The lowest BCUT2D eigenvalue weighted by molar-refractivity contribution is -0.151. The number of hydrogen-bond acceptors (Lipinski definition) is 21. The van der Waals surface area contributed by atoms with Crippen molar-refractivity contribution in [3.8, 4) is 0 Å². The van der Waals surface area contributed by atoms with Gasteiger partial charge in [0.05, 0.1) is 81.4 Å². The first-order chi connectivity index (χ1) is 28.3. The number of aliphatic carboxylic acids is 1. The van der Waals surface area contributed by atoms with Crippen molar-refractivity contribution in [3.63, 3.8) is 0 Å². The van der Waals surface area contributed by atoms with Crippen LogP contribution in [0.4, 0.5) is 0 Å². The Hall–Kier alpha value is -2.31. The standard InChI is InChI=1S/C37H73N3O21/c1-5-37(4,11-22(44)18-60-36(2,3)10-21(43)17-59-20-28(50)35(57)58)61-19-23(45)12-39-30(52)7-6-29(51)38-8-9-40(13-24(46)31(53)33(55)26(48)15-41)14-25(47)32(54)34(56)27(49)16-42/h21-28,31-34,41-50,53-56H,5-20H2,1-4H3,(H,38,51)(H,39,52)(H,57,58)/t21?,22?,23?,24-,25-,26+,27+,28?,31+,32+,33+,34+,37?/m0/s1. The van der Waals surface area contributed by atoms with Crippen LogP contribution in [-0.2, 0) is 28.6 Å². The van der Waals surface area contributed by atoms with Gasteiger partial charge in [0.2, 0.25) is 11.8 Å². The van der Waals surface area contributed by atoms with Crippen LogP contribution in [-0.4, -0.2) is 256 Å². The average Bonchev–Trinajstić information content (AvgIpc) is 3.21. The second-order valence-electron chi connectivity index (χ2n) is 16.0. The van der Waals surface area contributed by atoms with E-state index in [-0.39, 0.29) is 65.1 Å². The van der Waals surface area contributed by atoms with Gasteiger partial charge in [-0.1, -0.05) is 6.92 Å². The molecule has 24 heteroatoms. The molecular formula is C37H73N3O21. The average molecular weight is 896 g/mol.